The minimum absolute atomic E-state index is 0.254. The zero-order valence-electron chi connectivity index (χ0n) is 10.2. The molecule has 0 aromatic carbocycles. The number of aromatic nitrogens is 2. The van der Waals surface area contributed by atoms with Gasteiger partial charge in [0.25, 0.3) is 0 Å². The standard InChI is InChI=1S/C12H19N3OS/c1-17-12-13-6-10(7-14-12)8-15-5-3-2-4-11(15)9-16/h6-7,11,16H,2-5,8-9H2,1H3/t11-/m0/s1. The van der Waals surface area contributed by atoms with Gasteiger partial charge >= 0.3 is 0 Å². The first-order chi connectivity index (χ1) is 8.33. The summed E-state index contributed by atoms with van der Waals surface area (Å²) >= 11 is 1.55. The molecule has 1 fully saturated rings. The molecular weight excluding hydrogens is 234 g/mol. The number of likely N-dealkylation sites (tertiary alicyclic amines) is 1. The Bertz CT molecular complexity index is 344. The maximum Gasteiger partial charge on any atom is 0.187 e. The lowest BCUT2D eigenvalue weighted by Gasteiger charge is -2.34. The van der Waals surface area contributed by atoms with Crippen molar-refractivity contribution in [1.82, 2.24) is 14.9 Å². The highest BCUT2D eigenvalue weighted by molar-refractivity contribution is 7.98. The molecular formula is C12H19N3OS. The summed E-state index contributed by atoms with van der Waals surface area (Å²) in [6, 6.07) is 0.309. The molecule has 0 spiro atoms. The topological polar surface area (TPSA) is 49.2 Å². The SMILES string of the molecule is CSc1ncc(CN2CCCC[C@H]2CO)cn1. The van der Waals surface area contributed by atoms with E-state index < -0.39 is 0 Å². The van der Waals surface area contributed by atoms with Gasteiger partial charge in [-0.1, -0.05) is 18.2 Å². The molecule has 1 aromatic rings. The van der Waals surface area contributed by atoms with Gasteiger partial charge in [0.05, 0.1) is 6.61 Å². The number of hydrogen-bond donors (Lipinski definition) is 1. The fourth-order valence-corrected chi connectivity index (χ4v) is 2.56. The molecule has 2 heterocycles. The van der Waals surface area contributed by atoms with E-state index in [0.717, 1.165) is 30.2 Å². The fourth-order valence-electron chi connectivity index (χ4n) is 2.24. The third kappa shape index (κ3) is 3.40. The van der Waals surface area contributed by atoms with Crippen LogP contribution in [0.2, 0.25) is 0 Å². The van der Waals surface area contributed by atoms with Crippen LogP contribution < -0.4 is 0 Å². The Morgan fingerprint density at radius 3 is 2.82 bits per heavy atom. The highest BCUT2D eigenvalue weighted by atomic mass is 32.2. The molecule has 0 saturated carbocycles. The fraction of sp³-hybridized carbons (Fsp3) is 0.667. The van der Waals surface area contributed by atoms with Crippen molar-refractivity contribution >= 4 is 11.8 Å². The second-order valence-corrected chi connectivity index (χ2v) is 5.15. The van der Waals surface area contributed by atoms with Crippen molar-refractivity contribution in [2.75, 3.05) is 19.4 Å². The van der Waals surface area contributed by atoms with E-state index in [4.69, 9.17) is 0 Å². The molecule has 0 aliphatic carbocycles. The largest absolute Gasteiger partial charge is 0.395 e. The average Bonchev–Trinajstić information content (AvgIpc) is 2.40. The molecule has 4 nitrogen and oxygen atoms in total. The molecule has 94 valence electrons. The van der Waals surface area contributed by atoms with Gasteiger partial charge in [0.1, 0.15) is 0 Å². The molecule has 1 saturated heterocycles. The second-order valence-electron chi connectivity index (χ2n) is 4.38. The Morgan fingerprint density at radius 1 is 1.41 bits per heavy atom. The number of aliphatic hydroxyl groups excluding tert-OH is 1. The van der Waals surface area contributed by atoms with Crippen molar-refractivity contribution in [3.63, 3.8) is 0 Å². The van der Waals surface area contributed by atoms with Crippen molar-refractivity contribution in [3.8, 4) is 0 Å². The predicted molar refractivity (Wildman–Crippen MR) is 68.9 cm³/mol. The van der Waals surface area contributed by atoms with Crippen LogP contribution in [0.5, 0.6) is 0 Å². The summed E-state index contributed by atoms with van der Waals surface area (Å²) in [5.41, 5.74) is 1.13. The third-order valence-corrected chi connectivity index (χ3v) is 3.79. The van der Waals surface area contributed by atoms with Crippen LogP contribution in [0.4, 0.5) is 0 Å². The van der Waals surface area contributed by atoms with Gasteiger partial charge < -0.3 is 5.11 Å². The van der Waals surface area contributed by atoms with Crippen LogP contribution in [0.15, 0.2) is 17.6 Å². The van der Waals surface area contributed by atoms with Gasteiger partial charge in [0.2, 0.25) is 0 Å². The molecule has 1 aliphatic heterocycles. The summed E-state index contributed by atoms with van der Waals surface area (Å²) in [6.45, 7) is 2.17. The van der Waals surface area contributed by atoms with E-state index in [2.05, 4.69) is 14.9 Å². The van der Waals surface area contributed by atoms with Crippen molar-refractivity contribution in [3.05, 3.63) is 18.0 Å². The van der Waals surface area contributed by atoms with Gasteiger partial charge in [-0.2, -0.15) is 0 Å². The number of hydrogen-bond acceptors (Lipinski definition) is 5. The molecule has 0 radical (unpaired) electrons. The van der Waals surface area contributed by atoms with Crippen molar-refractivity contribution in [2.45, 2.75) is 37.0 Å². The van der Waals surface area contributed by atoms with Crippen LogP contribution in [-0.4, -0.2) is 45.4 Å². The maximum atomic E-state index is 9.35. The number of thioether (sulfide) groups is 1. The summed E-state index contributed by atoms with van der Waals surface area (Å²) in [4.78, 5) is 10.9. The van der Waals surface area contributed by atoms with E-state index in [1.165, 1.54) is 12.8 Å². The minimum atomic E-state index is 0.254. The smallest absolute Gasteiger partial charge is 0.187 e. The first-order valence-corrected chi connectivity index (χ1v) is 7.26. The molecule has 0 unspecified atom stereocenters. The van der Waals surface area contributed by atoms with Crippen molar-refractivity contribution in [1.29, 1.82) is 0 Å². The van der Waals surface area contributed by atoms with E-state index >= 15 is 0 Å². The molecule has 1 aromatic heterocycles. The van der Waals surface area contributed by atoms with Gasteiger partial charge in [-0.3, -0.25) is 4.90 Å². The van der Waals surface area contributed by atoms with E-state index in [-0.39, 0.29) is 6.61 Å². The van der Waals surface area contributed by atoms with Crippen LogP contribution in [0.1, 0.15) is 24.8 Å². The van der Waals surface area contributed by atoms with Gasteiger partial charge in [-0.25, -0.2) is 9.97 Å². The van der Waals surface area contributed by atoms with E-state index in [0.29, 0.717) is 6.04 Å². The monoisotopic (exact) mass is 253 g/mol. The second kappa shape index (κ2) is 6.33. The van der Waals surface area contributed by atoms with Crippen LogP contribution >= 0.6 is 11.8 Å². The predicted octanol–water partition coefficient (Wildman–Crippen LogP) is 1.55. The van der Waals surface area contributed by atoms with Crippen molar-refractivity contribution in [2.24, 2.45) is 0 Å². The zero-order valence-corrected chi connectivity index (χ0v) is 11.0. The number of nitrogens with zero attached hydrogens (tertiary/aromatic N) is 3. The Balaban J connectivity index is 1.98. The Labute approximate surface area is 106 Å². The van der Waals surface area contributed by atoms with Crippen LogP contribution in [0.25, 0.3) is 0 Å². The van der Waals surface area contributed by atoms with E-state index in [9.17, 15) is 5.11 Å². The lowest BCUT2D eigenvalue weighted by atomic mass is 10.0. The van der Waals surface area contributed by atoms with Crippen LogP contribution in [0.3, 0.4) is 0 Å². The highest BCUT2D eigenvalue weighted by Crippen LogP contribution is 2.19. The van der Waals surface area contributed by atoms with Crippen LogP contribution in [-0.2, 0) is 6.54 Å². The zero-order chi connectivity index (χ0) is 12.1. The molecule has 1 N–H and O–H groups in total. The number of aliphatic hydroxyl groups is 1. The summed E-state index contributed by atoms with van der Waals surface area (Å²) in [6.07, 6.45) is 9.30. The molecule has 1 aliphatic rings. The third-order valence-electron chi connectivity index (χ3n) is 3.21. The summed E-state index contributed by atoms with van der Waals surface area (Å²) in [5, 5.41) is 10.2. The normalized spacial score (nSPS) is 21.6. The molecule has 17 heavy (non-hydrogen) atoms. The lowest BCUT2D eigenvalue weighted by molar-refractivity contribution is 0.0839. The molecule has 5 heteroatoms. The lowest BCUT2D eigenvalue weighted by Crippen LogP contribution is -2.41. The van der Waals surface area contributed by atoms with E-state index in [1.807, 2.05) is 18.6 Å². The molecule has 1 atom stereocenters. The first kappa shape index (κ1) is 12.8. The summed E-state index contributed by atoms with van der Waals surface area (Å²) in [5.74, 6) is 0. The van der Waals surface area contributed by atoms with Gasteiger partial charge in [-0.15, -0.1) is 0 Å². The average molecular weight is 253 g/mol. The maximum absolute atomic E-state index is 9.35. The molecule has 0 amide bonds. The van der Waals surface area contributed by atoms with E-state index in [1.54, 1.807) is 11.8 Å². The quantitative estimate of drug-likeness (QED) is 0.651. The summed E-state index contributed by atoms with van der Waals surface area (Å²) < 4.78 is 0. The first-order valence-electron chi connectivity index (χ1n) is 6.03. The summed E-state index contributed by atoms with van der Waals surface area (Å²) in [7, 11) is 0. The highest BCUT2D eigenvalue weighted by Gasteiger charge is 2.21. The van der Waals surface area contributed by atoms with Crippen LogP contribution in [0, 0.1) is 0 Å². The van der Waals surface area contributed by atoms with Gasteiger partial charge in [0, 0.05) is 30.5 Å². The number of piperidine rings is 1. The minimum Gasteiger partial charge on any atom is -0.395 e. The Morgan fingerprint density at radius 2 is 2.18 bits per heavy atom. The van der Waals surface area contributed by atoms with Gasteiger partial charge in [0.15, 0.2) is 5.16 Å². The molecule has 0 bridgehead atoms. The number of rotatable bonds is 4. The van der Waals surface area contributed by atoms with Gasteiger partial charge in [-0.05, 0) is 25.6 Å². The Hall–Kier alpha value is -0.650. The Kier molecular flexibility index (Phi) is 4.76. The molecule has 2 rings (SSSR count). The van der Waals surface area contributed by atoms with Crippen molar-refractivity contribution < 1.29 is 5.11 Å².